The third-order valence-electron chi connectivity index (χ3n) is 10.7. The summed E-state index contributed by atoms with van der Waals surface area (Å²) in [4.78, 5) is 26.3. The molecule has 0 radical (unpaired) electrons. The molecule has 0 aromatic rings. The lowest BCUT2D eigenvalue weighted by atomic mass is 10.1. The van der Waals surface area contributed by atoms with Gasteiger partial charge in [0, 0.05) is 12.8 Å². The first kappa shape index (κ1) is 52.1. The highest BCUT2D eigenvalue weighted by atomic mass is 31.1. The molecule has 0 saturated carbocycles. The van der Waals surface area contributed by atoms with Gasteiger partial charge in [0.05, 0.1) is 21.1 Å². The number of hydrogen-bond acceptors (Lipinski definition) is 5. The second-order valence-corrected chi connectivity index (χ2v) is 18.4. The van der Waals surface area contributed by atoms with Crippen molar-refractivity contribution in [3.8, 4) is 0 Å². The Balaban J connectivity index is 3.95. The maximum Gasteiger partial charge on any atom is 0.165 e. The quantitative estimate of drug-likeness (QED) is 0.0326. The molecule has 0 fully saturated rings. The van der Waals surface area contributed by atoms with E-state index in [4.69, 9.17) is 0 Å². The molecule has 312 valence electrons. The number of rotatable bonds is 43. The summed E-state index contributed by atoms with van der Waals surface area (Å²) in [6, 6.07) is 0. The van der Waals surface area contributed by atoms with E-state index in [9.17, 15) is 24.9 Å². The number of allylic oxidation sites excluding steroid dienone is 4. The summed E-state index contributed by atoms with van der Waals surface area (Å²) in [6.45, 7) is 3.00. The highest BCUT2D eigenvalue weighted by Gasteiger charge is 2.44. The van der Waals surface area contributed by atoms with Gasteiger partial charge in [-0.25, -0.2) is 0 Å². The summed E-state index contributed by atoms with van der Waals surface area (Å²) in [5, 5.41) is 28.4. The van der Waals surface area contributed by atoms with Crippen LogP contribution < -0.4 is 0 Å². The van der Waals surface area contributed by atoms with Crippen molar-refractivity contribution in [3.63, 3.8) is 0 Å². The van der Waals surface area contributed by atoms with E-state index in [0.29, 0.717) is 12.8 Å². The third kappa shape index (κ3) is 33.0. The first-order chi connectivity index (χ1) is 26.0. The summed E-state index contributed by atoms with van der Waals surface area (Å²) in [6.07, 6.45) is 51.6. The van der Waals surface area contributed by atoms with Gasteiger partial charge in [0.25, 0.3) is 0 Å². The predicted molar refractivity (Wildman–Crippen MR) is 232 cm³/mol. The van der Waals surface area contributed by atoms with Crippen LogP contribution in [-0.4, -0.2) is 44.9 Å². The zero-order valence-electron chi connectivity index (χ0n) is 35.3. The molecule has 0 saturated heterocycles. The Morgan fingerprint density at radius 2 is 0.623 bits per heavy atom. The summed E-state index contributed by atoms with van der Waals surface area (Å²) in [7, 11) is -2.15. The molecule has 53 heavy (non-hydrogen) atoms. The topological polar surface area (TPSA) is 94.8 Å². The van der Waals surface area contributed by atoms with Crippen LogP contribution >= 0.6 is 7.92 Å². The van der Waals surface area contributed by atoms with E-state index in [0.717, 1.165) is 38.5 Å². The average molecular weight is 765 g/mol. The zero-order valence-corrected chi connectivity index (χ0v) is 36.2. The van der Waals surface area contributed by atoms with Gasteiger partial charge in [0.2, 0.25) is 0 Å². The van der Waals surface area contributed by atoms with Crippen LogP contribution in [0.4, 0.5) is 0 Å². The molecule has 0 atom stereocenters. The fourth-order valence-electron chi connectivity index (χ4n) is 7.13. The lowest BCUT2D eigenvalue weighted by Gasteiger charge is -2.31. The molecule has 0 heterocycles. The van der Waals surface area contributed by atoms with E-state index < -0.39 is 26.5 Å². The van der Waals surface area contributed by atoms with E-state index in [-0.39, 0.29) is 23.9 Å². The maximum atomic E-state index is 13.1. The van der Waals surface area contributed by atoms with E-state index in [2.05, 4.69) is 38.2 Å². The Morgan fingerprint density at radius 3 is 0.868 bits per heavy atom. The van der Waals surface area contributed by atoms with Gasteiger partial charge < -0.3 is 15.3 Å². The molecule has 0 aliphatic carbocycles. The maximum absolute atomic E-state index is 13.1. The standard InChI is InChI=1S/C47H89O5P/c1-3-5-7-9-11-13-15-17-19-21-23-25-27-29-31-33-35-37-39-41-45(50)53(47(52,43-48)44-49)46(51)42-40-38-36-34-32-30-28-26-24-22-20-18-16-14-12-10-8-6-4-2/h17-20,48-49,52H,3-16,21-44H2,1-2H3/b19-17-,20-18-. The van der Waals surface area contributed by atoms with Gasteiger partial charge in [-0.3, -0.25) is 9.59 Å². The summed E-state index contributed by atoms with van der Waals surface area (Å²) < 4.78 is 0. The Labute approximate surface area is 330 Å². The highest BCUT2D eigenvalue weighted by Crippen LogP contribution is 2.51. The molecule has 6 heteroatoms. The molecule has 0 aliphatic rings. The van der Waals surface area contributed by atoms with Gasteiger partial charge in [0.15, 0.2) is 11.0 Å². The van der Waals surface area contributed by atoms with Crippen molar-refractivity contribution in [2.24, 2.45) is 0 Å². The Hall–Kier alpha value is -0.870. The molecule has 0 bridgehead atoms. The molecule has 0 spiro atoms. The van der Waals surface area contributed by atoms with Gasteiger partial charge in [-0.05, 0) is 64.2 Å². The lowest BCUT2D eigenvalue weighted by Crippen LogP contribution is -2.39. The summed E-state index contributed by atoms with van der Waals surface area (Å²) in [5.74, 6) is 0. The van der Waals surface area contributed by atoms with Crippen molar-refractivity contribution in [2.75, 3.05) is 13.2 Å². The van der Waals surface area contributed by atoms with E-state index >= 15 is 0 Å². The third-order valence-corrected chi connectivity index (χ3v) is 13.3. The van der Waals surface area contributed by atoms with Crippen LogP contribution in [0.15, 0.2) is 24.3 Å². The van der Waals surface area contributed by atoms with Gasteiger partial charge in [-0.2, -0.15) is 0 Å². The highest BCUT2D eigenvalue weighted by molar-refractivity contribution is 7.90. The van der Waals surface area contributed by atoms with Crippen molar-refractivity contribution >= 4 is 19.0 Å². The molecule has 0 aliphatic heterocycles. The second kappa shape index (κ2) is 40.8. The SMILES string of the molecule is CCCCCCCC/C=C\CCCCCCCCCCCC(=O)P(C(=O)CCCCCCCCCCC/C=C\CCCCCCCC)C(O)(CO)CO. The first-order valence-corrected chi connectivity index (χ1v) is 24.4. The predicted octanol–water partition coefficient (Wildman–Crippen LogP) is 14.4. The van der Waals surface area contributed by atoms with Crippen LogP contribution in [0.2, 0.25) is 0 Å². The van der Waals surface area contributed by atoms with Crippen molar-refractivity contribution in [3.05, 3.63) is 24.3 Å². The molecule has 5 nitrogen and oxygen atoms in total. The van der Waals surface area contributed by atoms with Gasteiger partial charge >= 0.3 is 0 Å². The fraction of sp³-hybridized carbons (Fsp3) is 0.872. The minimum absolute atomic E-state index is 0.238. The first-order valence-electron chi connectivity index (χ1n) is 23.1. The number of unbranched alkanes of at least 4 members (excludes halogenated alkanes) is 30. The average Bonchev–Trinajstić information content (AvgIpc) is 3.16. The molecular weight excluding hydrogens is 675 g/mol. The van der Waals surface area contributed by atoms with Crippen molar-refractivity contribution in [1.29, 1.82) is 0 Å². The molecule has 0 aromatic carbocycles. The van der Waals surface area contributed by atoms with Crippen LogP contribution in [-0.2, 0) is 9.59 Å². The summed E-state index contributed by atoms with van der Waals surface area (Å²) >= 11 is 0. The fourth-order valence-corrected chi connectivity index (χ4v) is 9.38. The number of carbonyl (C=O) groups excluding carboxylic acids is 2. The largest absolute Gasteiger partial charge is 0.393 e. The van der Waals surface area contributed by atoms with Crippen LogP contribution in [0.3, 0.4) is 0 Å². The normalized spacial score (nSPS) is 12.3. The Kier molecular flexibility index (Phi) is 40.1. The number of aliphatic hydroxyl groups is 3. The van der Waals surface area contributed by atoms with Gasteiger partial charge in [0.1, 0.15) is 5.34 Å². The summed E-state index contributed by atoms with van der Waals surface area (Å²) in [5.41, 5.74) is -0.546. The Bertz CT molecular complexity index is 792. The molecule has 0 amide bonds. The van der Waals surface area contributed by atoms with E-state index in [1.807, 2.05) is 0 Å². The van der Waals surface area contributed by atoms with Crippen LogP contribution in [0.25, 0.3) is 0 Å². The minimum atomic E-state index is -2.15. The number of carbonyl (C=O) groups is 2. The van der Waals surface area contributed by atoms with Crippen LogP contribution in [0, 0.1) is 0 Å². The van der Waals surface area contributed by atoms with Crippen LogP contribution in [0.5, 0.6) is 0 Å². The van der Waals surface area contributed by atoms with Crippen molar-refractivity contribution in [2.45, 2.75) is 250 Å². The number of hydrogen-bond donors (Lipinski definition) is 3. The van der Waals surface area contributed by atoms with E-state index in [1.165, 1.54) is 167 Å². The minimum Gasteiger partial charge on any atom is -0.393 e. The second-order valence-electron chi connectivity index (χ2n) is 15.9. The van der Waals surface area contributed by atoms with Crippen LogP contribution in [0.1, 0.15) is 245 Å². The van der Waals surface area contributed by atoms with E-state index in [1.54, 1.807) is 0 Å². The molecular formula is C47H89O5P. The Morgan fingerprint density at radius 1 is 0.396 bits per heavy atom. The molecule has 3 N–H and O–H groups in total. The zero-order chi connectivity index (χ0) is 38.9. The molecule has 0 unspecified atom stereocenters. The monoisotopic (exact) mass is 765 g/mol. The van der Waals surface area contributed by atoms with Crippen molar-refractivity contribution in [1.82, 2.24) is 0 Å². The van der Waals surface area contributed by atoms with Crippen molar-refractivity contribution < 1.29 is 24.9 Å². The number of aliphatic hydroxyl groups excluding tert-OH is 2. The van der Waals surface area contributed by atoms with Gasteiger partial charge in [-0.1, -0.05) is 192 Å². The lowest BCUT2D eigenvalue weighted by molar-refractivity contribution is -0.115. The van der Waals surface area contributed by atoms with Gasteiger partial charge in [-0.15, -0.1) is 0 Å². The smallest absolute Gasteiger partial charge is 0.165 e. The molecule has 0 aromatic heterocycles. The molecule has 0 rings (SSSR count).